The topological polar surface area (TPSA) is 40.5 Å². The summed E-state index contributed by atoms with van der Waals surface area (Å²) in [5, 5.41) is 22.8. The molecule has 2 nitrogen and oxygen atoms in total. The molecule has 1 aromatic carbocycles. The summed E-state index contributed by atoms with van der Waals surface area (Å²) in [7, 11) is 0. The zero-order valence-corrected chi connectivity index (χ0v) is 18.7. The fourth-order valence-electron chi connectivity index (χ4n) is 4.71. The Morgan fingerprint density at radius 3 is 2.11 bits per heavy atom. The van der Waals surface area contributed by atoms with E-state index in [0.29, 0.717) is 5.92 Å². The Kier molecular flexibility index (Phi) is 8.09. The van der Waals surface area contributed by atoms with Crippen molar-refractivity contribution in [2.24, 2.45) is 17.8 Å². The number of rotatable bonds is 9. The van der Waals surface area contributed by atoms with Gasteiger partial charge in [-0.15, -0.1) is 0 Å². The minimum Gasteiger partial charge on any atom is -0.390 e. The lowest BCUT2D eigenvalue weighted by Gasteiger charge is -2.46. The molecule has 3 atom stereocenters. The quantitative estimate of drug-likeness (QED) is 0.484. The van der Waals surface area contributed by atoms with Crippen LogP contribution in [0.1, 0.15) is 79.2 Å². The van der Waals surface area contributed by atoms with Crippen LogP contribution in [0.25, 0.3) is 5.57 Å². The van der Waals surface area contributed by atoms with Gasteiger partial charge in [-0.05, 0) is 53.9 Å². The van der Waals surface area contributed by atoms with E-state index in [-0.39, 0.29) is 11.8 Å². The first-order valence-electron chi connectivity index (χ1n) is 11.2. The predicted octanol–water partition coefficient (Wildman–Crippen LogP) is 6.39. The highest BCUT2D eigenvalue weighted by Crippen LogP contribution is 2.50. The molecule has 2 rings (SSSR count). The largest absolute Gasteiger partial charge is 0.390 e. The predicted molar refractivity (Wildman–Crippen MR) is 120 cm³/mol. The minimum atomic E-state index is -1.27. The number of hydrogen-bond donors (Lipinski definition) is 2. The maximum absolute atomic E-state index is 12.0. The van der Waals surface area contributed by atoms with Crippen molar-refractivity contribution in [1.29, 1.82) is 0 Å². The van der Waals surface area contributed by atoms with Crippen LogP contribution in [0.2, 0.25) is 0 Å². The van der Waals surface area contributed by atoms with Gasteiger partial charge in [0.25, 0.3) is 0 Å². The second kappa shape index (κ2) is 9.89. The monoisotopic (exact) mass is 384 g/mol. The SMILES string of the molecule is CCCCCCC1=C(c2ccccc2)C(O)(C(C)O)C(C(C)C)C=C1C(C)C. The summed E-state index contributed by atoms with van der Waals surface area (Å²) >= 11 is 0. The van der Waals surface area contributed by atoms with Crippen molar-refractivity contribution in [3.8, 4) is 0 Å². The van der Waals surface area contributed by atoms with Crippen LogP contribution in [0, 0.1) is 17.8 Å². The molecule has 0 amide bonds. The van der Waals surface area contributed by atoms with Gasteiger partial charge < -0.3 is 10.2 Å². The fraction of sp³-hybridized carbons (Fsp3) is 0.615. The van der Waals surface area contributed by atoms with Gasteiger partial charge in [-0.25, -0.2) is 0 Å². The molecule has 156 valence electrons. The van der Waals surface area contributed by atoms with Crippen LogP contribution in [0.4, 0.5) is 0 Å². The number of hydrogen-bond acceptors (Lipinski definition) is 2. The Bertz CT molecular complexity index is 682. The maximum atomic E-state index is 12.0. The first-order valence-corrected chi connectivity index (χ1v) is 11.2. The second-order valence-electron chi connectivity index (χ2n) is 9.08. The van der Waals surface area contributed by atoms with Crippen LogP contribution in [0.3, 0.4) is 0 Å². The van der Waals surface area contributed by atoms with Crippen molar-refractivity contribution < 1.29 is 10.2 Å². The van der Waals surface area contributed by atoms with Crippen LogP contribution in [-0.2, 0) is 0 Å². The average Bonchev–Trinajstić information content (AvgIpc) is 2.65. The van der Waals surface area contributed by atoms with Crippen LogP contribution in [-0.4, -0.2) is 21.9 Å². The molecule has 1 aromatic rings. The van der Waals surface area contributed by atoms with Crippen molar-refractivity contribution in [3.05, 3.63) is 53.1 Å². The van der Waals surface area contributed by atoms with E-state index in [1.165, 1.54) is 30.4 Å². The number of aliphatic hydroxyl groups excluding tert-OH is 1. The molecule has 2 heteroatoms. The van der Waals surface area contributed by atoms with Crippen molar-refractivity contribution in [2.75, 3.05) is 0 Å². The summed E-state index contributed by atoms with van der Waals surface area (Å²) in [4.78, 5) is 0. The maximum Gasteiger partial charge on any atom is 0.122 e. The summed E-state index contributed by atoms with van der Waals surface area (Å²) in [5.41, 5.74) is 3.31. The lowest BCUT2D eigenvalue weighted by Crippen LogP contribution is -2.52. The summed E-state index contributed by atoms with van der Waals surface area (Å²) < 4.78 is 0. The van der Waals surface area contributed by atoms with Crippen molar-refractivity contribution in [2.45, 2.75) is 85.4 Å². The van der Waals surface area contributed by atoms with Gasteiger partial charge in [-0.3, -0.25) is 0 Å². The molecule has 1 aliphatic carbocycles. The van der Waals surface area contributed by atoms with E-state index < -0.39 is 11.7 Å². The third kappa shape index (κ3) is 4.60. The standard InChI is InChI=1S/C26H40O2/c1-7-8-9-13-16-22-23(18(2)3)17-24(19(4)5)26(28,20(6)27)25(22)21-14-11-10-12-15-21/h10-12,14-15,17-20,24,27-28H,7-9,13,16H2,1-6H3. The molecule has 3 unspecified atom stereocenters. The van der Waals surface area contributed by atoms with E-state index in [1.54, 1.807) is 6.92 Å². The van der Waals surface area contributed by atoms with Gasteiger partial charge in [-0.2, -0.15) is 0 Å². The zero-order valence-electron chi connectivity index (χ0n) is 18.7. The molecule has 0 aromatic heterocycles. The van der Waals surface area contributed by atoms with Gasteiger partial charge in [0.1, 0.15) is 5.60 Å². The molecule has 2 N–H and O–H groups in total. The molecule has 0 bridgehead atoms. The van der Waals surface area contributed by atoms with Gasteiger partial charge in [0, 0.05) is 5.92 Å². The average molecular weight is 385 g/mol. The van der Waals surface area contributed by atoms with Crippen LogP contribution < -0.4 is 0 Å². The molecule has 0 spiro atoms. The third-order valence-electron chi connectivity index (χ3n) is 6.24. The zero-order chi connectivity index (χ0) is 20.9. The summed E-state index contributed by atoms with van der Waals surface area (Å²) in [6.07, 6.45) is 7.15. The van der Waals surface area contributed by atoms with Gasteiger partial charge in [-0.1, -0.05) is 90.3 Å². The number of unbranched alkanes of at least 4 members (excludes halogenated alkanes) is 3. The second-order valence-corrected chi connectivity index (χ2v) is 9.08. The van der Waals surface area contributed by atoms with Crippen LogP contribution >= 0.6 is 0 Å². The van der Waals surface area contributed by atoms with E-state index in [2.05, 4.69) is 52.8 Å². The highest BCUT2D eigenvalue weighted by atomic mass is 16.3. The van der Waals surface area contributed by atoms with E-state index in [1.807, 2.05) is 18.2 Å². The van der Waals surface area contributed by atoms with Crippen molar-refractivity contribution in [3.63, 3.8) is 0 Å². The van der Waals surface area contributed by atoms with Crippen molar-refractivity contribution in [1.82, 2.24) is 0 Å². The molecule has 0 fully saturated rings. The molecule has 1 aliphatic rings. The fourth-order valence-corrected chi connectivity index (χ4v) is 4.71. The lowest BCUT2D eigenvalue weighted by molar-refractivity contribution is -0.0619. The molecule has 28 heavy (non-hydrogen) atoms. The van der Waals surface area contributed by atoms with Gasteiger partial charge >= 0.3 is 0 Å². The number of allylic oxidation sites excluding steroid dienone is 2. The highest BCUT2D eigenvalue weighted by molar-refractivity contribution is 5.81. The Labute approximate surface area is 172 Å². The van der Waals surface area contributed by atoms with Gasteiger partial charge in [0.2, 0.25) is 0 Å². The Morgan fingerprint density at radius 2 is 1.61 bits per heavy atom. The Hall–Kier alpha value is -1.38. The summed E-state index contributed by atoms with van der Waals surface area (Å²) in [5.74, 6) is 0.507. The number of aliphatic hydroxyl groups is 2. The molecule has 0 radical (unpaired) electrons. The molecule has 0 aliphatic heterocycles. The van der Waals surface area contributed by atoms with Crippen LogP contribution in [0.15, 0.2) is 47.6 Å². The molecule has 0 saturated carbocycles. The first-order chi connectivity index (χ1) is 13.2. The molecular formula is C26H40O2. The lowest BCUT2D eigenvalue weighted by atomic mass is 9.63. The van der Waals surface area contributed by atoms with Crippen LogP contribution in [0.5, 0.6) is 0 Å². The third-order valence-corrected chi connectivity index (χ3v) is 6.24. The minimum absolute atomic E-state index is 0.112. The van der Waals surface area contributed by atoms with Gasteiger partial charge in [0.15, 0.2) is 0 Å². The van der Waals surface area contributed by atoms with E-state index >= 15 is 0 Å². The van der Waals surface area contributed by atoms with E-state index in [4.69, 9.17) is 0 Å². The molecular weight excluding hydrogens is 344 g/mol. The number of benzene rings is 1. The molecule has 0 heterocycles. The Balaban J connectivity index is 2.70. The summed E-state index contributed by atoms with van der Waals surface area (Å²) in [6, 6.07) is 10.2. The Morgan fingerprint density at radius 1 is 0.964 bits per heavy atom. The molecule has 0 saturated heterocycles. The van der Waals surface area contributed by atoms with E-state index in [0.717, 1.165) is 24.0 Å². The van der Waals surface area contributed by atoms with Gasteiger partial charge in [0.05, 0.1) is 6.10 Å². The normalized spacial score (nSPS) is 24.1. The first kappa shape index (κ1) is 22.9. The highest BCUT2D eigenvalue weighted by Gasteiger charge is 2.49. The smallest absolute Gasteiger partial charge is 0.122 e. The summed E-state index contributed by atoms with van der Waals surface area (Å²) in [6.45, 7) is 12.7. The van der Waals surface area contributed by atoms with E-state index in [9.17, 15) is 10.2 Å². The van der Waals surface area contributed by atoms with Crippen molar-refractivity contribution >= 4 is 5.57 Å².